The molecule has 75 heavy (non-hydrogen) atoms. The van der Waals surface area contributed by atoms with Gasteiger partial charge in [-0.2, -0.15) is 5.10 Å². The minimum Gasteiger partial charge on any atom is -0.444 e. The number of anilines is 3. The number of hydrazine groups is 1. The highest BCUT2D eigenvalue weighted by molar-refractivity contribution is 5.75. The summed E-state index contributed by atoms with van der Waals surface area (Å²) in [5.41, 5.74) is 13.7. The Bertz CT molecular complexity index is 3110. The third kappa shape index (κ3) is 10.5. The topological polar surface area (TPSA) is 128 Å². The monoisotopic (exact) mass is 995 g/mol. The van der Waals surface area contributed by atoms with E-state index in [1.54, 1.807) is 5.01 Å². The summed E-state index contributed by atoms with van der Waals surface area (Å²) in [5.74, 6) is 8.61. The highest BCUT2D eigenvalue weighted by atomic mass is 19.1. The Morgan fingerprint density at radius 2 is 1.15 bits per heavy atom. The van der Waals surface area contributed by atoms with E-state index in [0.717, 1.165) is 56.5 Å². The number of carbonyl (C=O) groups is 1. The Morgan fingerprint density at radius 3 is 1.61 bits per heavy atom. The summed E-state index contributed by atoms with van der Waals surface area (Å²) in [5, 5.41) is 10.7. The first-order valence-electron chi connectivity index (χ1n) is 25.6. The van der Waals surface area contributed by atoms with Gasteiger partial charge in [0.15, 0.2) is 5.82 Å². The van der Waals surface area contributed by atoms with Gasteiger partial charge in [-0.25, -0.2) is 20.0 Å². The van der Waals surface area contributed by atoms with Gasteiger partial charge in [-0.3, -0.25) is 9.69 Å². The molecule has 2 aromatic heterocycles. The predicted octanol–water partition coefficient (Wildman–Crippen LogP) is 12.5. The largest absolute Gasteiger partial charge is 0.444 e. The quantitative estimate of drug-likeness (QED) is 0.0496. The zero-order valence-corrected chi connectivity index (χ0v) is 42.6. The van der Waals surface area contributed by atoms with Gasteiger partial charge in [-0.05, 0) is 108 Å². The van der Waals surface area contributed by atoms with Crippen LogP contribution in [0, 0.1) is 11.7 Å². The van der Waals surface area contributed by atoms with Gasteiger partial charge in [-0.1, -0.05) is 194 Å². The SMILES string of the molecule is CC(C)(C)OC(=O)N1CC(Cc2ccc(F)cc2)CC1Cn1cc(Cc2cc(NC(c3ccccc3)(c3ccccc3)c3ccccc3)nc(N(N)C(c3ccccc3)(c3ccccc3)c3ccccc3)c2N)cn1. The minimum absolute atomic E-state index is 0.146. The third-order valence-electron chi connectivity index (χ3n) is 14.3. The molecule has 0 bridgehead atoms. The summed E-state index contributed by atoms with van der Waals surface area (Å²) in [6, 6.07) is 70.5. The van der Waals surface area contributed by atoms with Crippen molar-refractivity contribution >= 4 is 23.4 Å². The fourth-order valence-electron chi connectivity index (χ4n) is 10.9. The van der Waals surface area contributed by atoms with Crippen molar-refractivity contribution in [2.24, 2.45) is 11.8 Å². The number of amides is 1. The van der Waals surface area contributed by atoms with Crippen molar-refractivity contribution in [1.82, 2.24) is 19.7 Å². The van der Waals surface area contributed by atoms with Gasteiger partial charge in [-0.15, -0.1) is 0 Å². The lowest BCUT2D eigenvalue weighted by Gasteiger charge is -2.44. The van der Waals surface area contributed by atoms with Crippen molar-refractivity contribution in [2.45, 2.75) is 69.3 Å². The summed E-state index contributed by atoms with van der Waals surface area (Å²) in [6.45, 7) is 6.59. The molecule has 9 aromatic rings. The van der Waals surface area contributed by atoms with Gasteiger partial charge in [0.1, 0.15) is 28.3 Å². The highest BCUT2D eigenvalue weighted by Gasteiger charge is 2.44. The standard InChI is InChI=1S/C64H63FN8O2/c1-62(2,3)75-61(74)72-44-47(38-46-34-36-56(65)37-35-46)40-57(72)45-71-43-48(42-68-71)39-49-41-58(70-63(50-22-10-4-11-23-50,51-24-12-5-13-25-51)52-26-14-6-15-27-52)69-60(59(49)66)73(67)64(53-28-16-7-17-29-53,54-30-18-8-19-31-54)55-32-20-9-21-33-55/h4-37,41-43,47,57H,38-40,44-45,66-67H2,1-3H3,(H,69,70). The molecular formula is C64H63FN8O2. The van der Waals surface area contributed by atoms with Gasteiger partial charge >= 0.3 is 6.09 Å². The summed E-state index contributed by atoms with van der Waals surface area (Å²) in [7, 11) is 0. The number of carbonyl (C=O) groups excluding carboxylic acids is 1. The van der Waals surface area contributed by atoms with Crippen LogP contribution in [0.4, 0.5) is 26.5 Å². The normalized spacial score (nSPS) is 14.9. The number of ether oxygens (including phenoxy) is 1. The van der Waals surface area contributed by atoms with Gasteiger partial charge in [0, 0.05) is 19.2 Å². The van der Waals surface area contributed by atoms with Crippen molar-refractivity contribution < 1.29 is 13.9 Å². The van der Waals surface area contributed by atoms with E-state index >= 15 is 0 Å². The summed E-state index contributed by atoms with van der Waals surface area (Å²) < 4.78 is 21.7. The van der Waals surface area contributed by atoms with Gasteiger partial charge in [0.2, 0.25) is 0 Å². The number of halogens is 1. The lowest BCUT2D eigenvalue weighted by molar-refractivity contribution is 0.0207. The van der Waals surface area contributed by atoms with E-state index in [-0.39, 0.29) is 23.9 Å². The van der Waals surface area contributed by atoms with Crippen LogP contribution < -0.4 is 21.9 Å². The maximum Gasteiger partial charge on any atom is 0.410 e. The zero-order valence-electron chi connectivity index (χ0n) is 42.6. The second-order valence-electron chi connectivity index (χ2n) is 20.5. The first kappa shape index (κ1) is 50.0. The smallest absolute Gasteiger partial charge is 0.410 e. The van der Waals surface area contributed by atoms with Crippen molar-refractivity contribution in [3.05, 3.63) is 281 Å². The Kier molecular flexibility index (Phi) is 14.3. The van der Waals surface area contributed by atoms with Crippen LogP contribution in [-0.4, -0.2) is 43.9 Å². The molecule has 1 amide bonds. The molecule has 0 radical (unpaired) electrons. The van der Waals surface area contributed by atoms with Gasteiger partial charge < -0.3 is 20.7 Å². The summed E-state index contributed by atoms with van der Waals surface area (Å²) in [6.07, 6.45) is 5.34. The molecule has 5 N–H and O–H groups in total. The van der Waals surface area contributed by atoms with Crippen LogP contribution in [0.1, 0.15) is 77.3 Å². The Labute approximate surface area is 439 Å². The van der Waals surface area contributed by atoms with Crippen LogP contribution in [0.2, 0.25) is 0 Å². The van der Waals surface area contributed by atoms with Crippen LogP contribution in [0.15, 0.2) is 225 Å². The van der Waals surface area contributed by atoms with E-state index in [1.165, 1.54) is 12.1 Å². The number of aromatic nitrogens is 3. The molecule has 10 nitrogen and oxygen atoms in total. The maximum atomic E-state index is 13.9. The molecule has 11 heteroatoms. The number of nitrogen functional groups attached to an aromatic ring is 1. The number of benzene rings is 7. The molecule has 1 aliphatic rings. The number of nitrogens with two attached hydrogens (primary N) is 2. The predicted molar refractivity (Wildman–Crippen MR) is 297 cm³/mol. The van der Waals surface area contributed by atoms with Crippen molar-refractivity contribution in [3.8, 4) is 0 Å². The fourth-order valence-corrected chi connectivity index (χ4v) is 10.9. The Morgan fingerprint density at radius 1 is 0.680 bits per heavy atom. The molecule has 0 saturated carbocycles. The molecule has 10 rings (SSSR count). The number of likely N-dealkylation sites (tertiary alicyclic amines) is 1. The molecule has 2 atom stereocenters. The first-order valence-corrected chi connectivity index (χ1v) is 25.6. The zero-order chi connectivity index (χ0) is 52.0. The van der Waals surface area contributed by atoms with Gasteiger partial charge in [0.05, 0.1) is 24.5 Å². The van der Waals surface area contributed by atoms with E-state index in [2.05, 4.69) is 115 Å². The molecule has 0 spiro atoms. The lowest BCUT2D eigenvalue weighted by atomic mass is 9.76. The molecule has 1 fully saturated rings. The summed E-state index contributed by atoms with van der Waals surface area (Å²) in [4.78, 5) is 21.2. The number of nitrogens with zero attached hydrogens (tertiary/aromatic N) is 5. The van der Waals surface area contributed by atoms with E-state index in [4.69, 9.17) is 26.4 Å². The minimum atomic E-state index is -1.11. The van der Waals surface area contributed by atoms with Crippen LogP contribution in [0.25, 0.3) is 0 Å². The van der Waals surface area contributed by atoms with E-state index < -0.39 is 16.7 Å². The van der Waals surface area contributed by atoms with Crippen LogP contribution >= 0.6 is 0 Å². The molecule has 1 aliphatic heterocycles. The van der Waals surface area contributed by atoms with Crippen LogP contribution in [-0.2, 0) is 35.2 Å². The average Bonchev–Trinajstić information content (AvgIpc) is 4.08. The molecular weight excluding hydrogens is 932 g/mol. The number of nitrogens with one attached hydrogen (secondary N) is 1. The van der Waals surface area contributed by atoms with Gasteiger partial charge in [0.25, 0.3) is 0 Å². The van der Waals surface area contributed by atoms with E-state index in [9.17, 15) is 9.18 Å². The Balaban J connectivity index is 1.09. The lowest BCUT2D eigenvalue weighted by Crippen LogP contribution is -2.53. The number of hydrogen-bond donors (Lipinski definition) is 3. The molecule has 2 unspecified atom stereocenters. The highest BCUT2D eigenvalue weighted by Crippen LogP contribution is 2.46. The Hall–Kier alpha value is -8.54. The molecule has 7 aromatic carbocycles. The van der Waals surface area contributed by atoms with Crippen molar-refractivity contribution in [3.63, 3.8) is 0 Å². The molecule has 3 heterocycles. The van der Waals surface area contributed by atoms with E-state index in [1.807, 2.05) is 134 Å². The van der Waals surface area contributed by atoms with E-state index in [0.29, 0.717) is 43.3 Å². The number of pyridine rings is 1. The van der Waals surface area contributed by atoms with Crippen LogP contribution in [0.5, 0.6) is 0 Å². The second kappa shape index (κ2) is 21.5. The second-order valence-corrected chi connectivity index (χ2v) is 20.5. The molecule has 0 aliphatic carbocycles. The summed E-state index contributed by atoms with van der Waals surface area (Å²) >= 11 is 0. The average molecular weight is 995 g/mol. The number of rotatable bonds is 16. The molecule has 1 saturated heterocycles. The molecule has 378 valence electrons. The maximum absolute atomic E-state index is 13.9. The third-order valence-corrected chi connectivity index (χ3v) is 14.3. The number of hydrogen-bond acceptors (Lipinski definition) is 8. The first-order chi connectivity index (χ1) is 36.4. The fraction of sp³-hybridized carbons (Fsp3) is 0.203. The van der Waals surface area contributed by atoms with Crippen molar-refractivity contribution in [2.75, 3.05) is 22.6 Å². The van der Waals surface area contributed by atoms with Crippen molar-refractivity contribution in [1.29, 1.82) is 0 Å². The van der Waals surface area contributed by atoms with Crippen LogP contribution in [0.3, 0.4) is 0 Å².